The third-order valence-corrected chi connectivity index (χ3v) is 3.96. The molecule has 5 nitrogen and oxygen atoms in total. The SMILES string of the molecule is CC1(C(=O)O)CCCC1NC(=O)c1cc(F)ccc1O. The fourth-order valence-electron chi connectivity index (χ4n) is 2.58. The van der Waals surface area contributed by atoms with Crippen molar-refractivity contribution in [1.29, 1.82) is 0 Å². The minimum absolute atomic E-state index is 0.190. The third kappa shape index (κ3) is 2.45. The van der Waals surface area contributed by atoms with Crippen LogP contribution in [-0.2, 0) is 4.79 Å². The number of phenols is 1. The van der Waals surface area contributed by atoms with Gasteiger partial charge in [0.2, 0.25) is 0 Å². The molecule has 2 rings (SSSR count). The fourth-order valence-corrected chi connectivity index (χ4v) is 2.58. The van der Waals surface area contributed by atoms with Crippen molar-refractivity contribution in [3.05, 3.63) is 29.6 Å². The van der Waals surface area contributed by atoms with Gasteiger partial charge in [0.25, 0.3) is 5.91 Å². The van der Waals surface area contributed by atoms with E-state index in [0.717, 1.165) is 18.2 Å². The van der Waals surface area contributed by atoms with E-state index in [1.54, 1.807) is 6.92 Å². The summed E-state index contributed by atoms with van der Waals surface area (Å²) in [5.74, 6) is -2.61. The lowest BCUT2D eigenvalue weighted by Gasteiger charge is -2.27. The molecule has 0 spiro atoms. The zero-order chi connectivity index (χ0) is 14.9. The molecule has 0 aromatic heterocycles. The Morgan fingerprint density at radius 2 is 2.15 bits per heavy atom. The average Bonchev–Trinajstić information content (AvgIpc) is 2.75. The van der Waals surface area contributed by atoms with Crippen molar-refractivity contribution in [3.63, 3.8) is 0 Å². The molecule has 0 radical (unpaired) electrons. The van der Waals surface area contributed by atoms with Crippen molar-refractivity contribution in [2.75, 3.05) is 0 Å². The standard InChI is InChI=1S/C14H16FNO4/c1-14(13(19)20)6-2-3-11(14)16-12(18)9-7-8(15)4-5-10(9)17/h4-5,7,11,17H,2-3,6H2,1H3,(H,16,18)(H,19,20). The molecule has 1 amide bonds. The van der Waals surface area contributed by atoms with Gasteiger partial charge in [-0.25, -0.2) is 4.39 Å². The number of amides is 1. The van der Waals surface area contributed by atoms with E-state index in [0.29, 0.717) is 19.3 Å². The third-order valence-electron chi connectivity index (χ3n) is 3.96. The van der Waals surface area contributed by atoms with Gasteiger partial charge in [-0.05, 0) is 38.0 Å². The molecule has 2 unspecified atom stereocenters. The number of hydrogen-bond acceptors (Lipinski definition) is 3. The normalized spacial score (nSPS) is 25.4. The lowest BCUT2D eigenvalue weighted by atomic mass is 9.85. The zero-order valence-corrected chi connectivity index (χ0v) is 11.0. The maximum atomic E-state index is 13.1. The summed E-state index contributed by atoms with van der Waals surface area (Å²) in [7, 11) is 0. The van der Waals surface area contributed by atoms with Gasteiger partial charge in [0, 0.05) is 6.04 Å². The minimum atomic E-state index is -1.03. The Morgan fingerprint density at radius 1 is 1.45 bits per heavy atom. The van der Waals surface area contributed by atoms with E-state index in [4.69, 9.17) is 0 Å². The second-order valence-corrected chi connectivity index (χ2v) is 5.30. The number of benzene rings is 1. The maximum absolute atomic E-state index is 13.1. The molecule has 0 heterocycles. The number of phenolic OH excluding ortho intramolecular Hbond substituents is 1. The molecular formula is C14H16FNO4. The Balaban J connectivity index is 2.19. The molecule has 1 aromatic rings. The van der Waals surface area contributed by atoms with E-state index in [1.165, 1.54) is 0 Å². The van der Waals surface area contributed by atoms with E-state index in [2.05, 4.69) is 5.32 Å². The van der Waals surface area contributed by atoms with Crippen molar-refractivity contribution in [2.24, 2.45) is 5.41 Å². The molecule has 108 valence electrons. The number of carbonyl (C=O) groups excluding carboxylic acids is 1. The van der Waals surface area contributed by atoms with Crippen LogP contribution in [0.3, 0.4) is 0 Å². The van der Waals surface area contributed by atoms with E-state index in [1.807, 2.05) is 0 Å². The molecule has 0 saturated heterocycles. The van der Waals surface area contributed by atoms with Gasteiger partial charge < -0.3 is 15.5 Å². The molecule has 1 aromatic carbocycles. The van der Waals surface area contributed by atoms with Crippen LogP contribution in [0, 0.1) is 11.2 Å². The Morgan fingerprint density at radius 3 is 2.80 bits per heavy atom. The van der Waals surface area contributed by atoms with Gasteiger partial charge >= 0.3 is 5.97 Å². The summed E-state index contributed by atoms with van der Waals surface area (Å²) < 4.78 is 13.1. The monoisotopic (exact) mass is 281 g/mol. The van der Waals surface area contributed by atoms with Gasteiger partial charge in [0.1, 0.15) is 11.6 Å². The van der Waals surface area contributed by atoms with Crippen molar-refractivity contribution >= 4 is 11.9 Å². The second kappa shape index (κ2) is 5.11. The lowest BCUT2D eigenvalue weighted by Crippen LogP contribution is -2.47. The Hall–Kier alpha value is -2.11. The van der Waals surface area contributed by atoms with E-state index >= 15 is 0 Å². The molecule has 20 heavy (non-hydrogen) atoms. The van der Waals surface area contributed by atoms with Crippen LogP contribution in [0.2, 0.25) is 0 Å². The molecule has 2 atom stereocenters. The summed E-state index contributed by atoms with van der Waals surface area (Å²) >= 11 is 0. The molecule has 1 aliphatic carbocycles. The van der Waals surface area contributed by atoms with Crippen LogP contribution in [0.25, 0.3) is 0 Å². The van der Waals surface area contributed by atoms with Crippen molar-refractivity contribution in [1.82, 2.24) is 5.32 Å². The predicted octanol–water partition coefficient (Wildman–Crippen LogP) is 1.90. The minimum Gasteiger partial charge on any atom is -0.507 e. The number of halogens is 1. The van der Waals surface area contributed by atoms with Crippen LogP contribution in [0.1, 0.15) is 36.5 Å². The van der Waals surface area contributed by atoms with Crippen LogP contribution < -0.4 is 5.32 Å². The molecule has 0 bridgehead atoms. The Bertz CT molecular complexity index is 560. The maximum Gasteiger partial charge on any atom is 0.311 e. The lowest BCUT2D eigenvalue weighted by molar-refractivity contribution is -0.148. The predicted molar refractivity (Wildman–Crippen MR) is 68.9 cm³/mol. The van der Waals surface area contributed by atoms with Crippen molar-refractivity contribution < 1.29 is 24.2 Å². The first-order chi connectivity index (χ1) is 9.34. The summed E-state index contributed by atoms with van der Waals surface area (Å²) in [6.45, 7) is 1.58. The number of rotatable bonds is 3. The highest BCUT2D eigenvalue weighted by Gasteiger charge is 2.46. The van der Waals surface area contributed by atoms with Crippen LogP contribution in [0.15, 0.2) is 18.2 Å². The van der Waals surface area contributed by atoms with Gasteiger partial charge in [0.05, 0.1) is 11.0 Å². The molecular weight excluding hydrogens is 265 g/mol. The number of carboxylic acid groups (broad SMARTS) is 1. The highest BCUT2D eigenvalue weighted by molar-refractivity contribution is 5.97. The summed E-state index contributed by atoms with van der Waals surface area (Å²) in [5.41, 5.74) is -1.22. The van der Waals surface area contributed by atoms with Crippen LogP contribution in [0.5, 0.6) is 5.75 Å². The first-order valence-corrected chi connectivity index (χ1v) is 6.37. The molecule has 3 N–H and O–H groups in total. The first kappa shape index (κ1) is 14.3. The molecule has 6 heteroatoms. The number of carboxylic acids is 1. The van der Waals surface area contributed by atoms with Crippen molar-refractivity contribution in [3.8, 4) is 5.75 Å². The number of aromatic hydroxyl groups is 1. The van der Waals surface area contributed by atoms with Gasteiger partial charge in [-0.15, -0.1) is 0 Å². The van der Waals surface area contributed by atoms with Gasteiger partial charge in [-0.2, -0.15) is 0 Å². The molecule has 0 aliphatic heterocycles. The number of hydrogen-bond donors (Lipinski definition) is 3. The van der Waals surface area contributed by atoms with Gasteiger partial charge in [-0.3, -0.25) is 9.59 Å². The van der Waals surface area contributed by atoms with Crippen LogP contribution in [0.4, 0.5) is 4.39 Å². The summed E-state index contributed by atoms with van der Waals surface area (Å²) in [5, 5.41) is 21.4. The number of carbonyl (C=O) groups is 2. The highest BCUT2D eigenvalue weighted by atomic mass is 19.1. The summed E-state index contributed by atoms with van der Waals surface area (Å²) in [4.78, 5) is 23.4. The van der Waals surface area contributed by atoms with Gasteiger partial charge in [0.15, 0.2) is 0 Å². The van der Waals surface area contributed by atoms with Crippen LogP contribution in [-0.4, -0.2) is 28.1 Å². The highest BCUT2D eigenvalue weighted by Crippen LogP contribution is 2.38. The summed E-state index contributed by atoms with van der Waals surface area (Å²) in [6.07, 6.45) is 1.72. The topological polar surface area (TPSA) is 86.6 Å². The van der Waals surface area contributed by atoms with E-state index in [-0.39, 0.29) is 11.3 Å². The molecule has 1 fully saturated rings. The van der Waals surface area contributed by atoms with Gasteiger partial charge in [-0.1, -0.05) is 6.42 Å². The van der Waals surface area contributed by atoms with Crippen molar-refractivity contribution in [2.45, 2.75) is 32.2 Å². The quantitative estimate of drug-likeness (QED) is 0.789. The zero-order valence-electron chi connectivity index (χ0n) is 11.0. The molecule has 1 aliphatic rings. The summed E-state index contributed by atoms with van der Waals surface area (Å²) in [6, 6.07) is 2.53. The largest absolute Gasteiger partial charge is 0.507 e. The smallest absolute Gasteiger partial charge is 0.311 e. The molecule has 1 saturated carbocycles. The number of nitrogens with one attached hydrogen (secondary N) is 1. The Kier molecular flexibility index (Phi) is 3.65. The number of aliphatic carboxylic acids is 1. The fraction of sp³-hybridized carbons (Fsp3) is 0.429. The van der Waals surface area contributed by atoms with E-state index in [9.17, 15) is 24.2 Å². The van der Waals surface area contributed by atoms with Crippen LogP contribution >= 0.6 is 0 Å². The Labute approximate surface area is 115 Å². The first-order valence-electron chi connectivity index (χ1n) is 6.37. The van der Waals surface area contributed by atoms with E-state index < -0.39 is 29.2 Å². The average molecular weight is 281 g/mol. The second-order valence-electron chi connectivity index (χ2n) is 5.30.